The van der Waals surface area contributed by atoms with Crippen LogP contribution >= 0.6 is 0 Å². The molecule has 1 aromatic rings. The molecule has 0 unspecified atom stereocenters. The number of aryl methyl sites for hydroxylation is 1. The van der Waals surface area contributed by atoms with Crippen LogP contribution < -0.4 is 5.32 Å². The monoisotopic (exact) mass is 528 g/mol. The van der Waals surface area contributed by atoms with Gasteiger partial charge in [0.25, 0.3) is 5.91 Å². The second-order valence-electron chi connectivity index (χ2n) is 12.6. The molecule has 11 nitrogen and oxygen atoms in total. The number of aliphatic hydroxyl groups excluding tert-OH is 1. The first-order valence-electron chi connectivity index (χ1n) is 13.8. The number of nitrogens with one attached hydrogen (secondary N) is 1. The van der Waals surface area contributed by atoms with E-state index < -0.39 is 23.5 Å². The number of hydrogen-bond acceptors (Lipinski definition) is 6. The molecule has 5 rings (SSSR count). The second kappa shape index (κ2) is 9.66. The van der Waals surface area contributed by atoms with Crippen molar-refractivity contribution in [2.45, 2.75) is 58.6 Å². The van der Waals surface area contributed by atoms with Gasteiger partial charge in [-0.05, 0) is 38.0 Å². The highest BCUT2D eigenvalue weighted by atomic mass is 16.3. The summed E-state index contributed by atoms with van der Waals surface area (Å²) in [6, 6.07) is -1.05. The molecule has 208 valence electrons. The van der Waals surface area contributed by atoms with E-state index in [2.05, 4.69) is 24.3 Å². The SMILES string of the molecule is C[C@@H](O)[C@H](NC(=O)[C@@H]1CN(C(=O)c2cnn(C)c2)CC12CN(C(=O)[C@H]1CC1(C)C)C2)C(=O)N1CCCCC1. The Morgan fingerprint density at radius 1 is 1.03 bits per heavy atom. The summed E-state index contributed by atoms with van der Waals surface area (Å²) in [7, 11) is 1.74. The largest absolute Gasteiger partial charge is 0.391 e. The zero-order chi connectivity index (χ0) is 27.4. The van der Waals surface area contributed by atoms with Gasteiger partial charge in [-0.15, -0.1) is 0 Å². The zero-order valence-corrected chi connectivity index (χ0v) is 22.9. The summed E-state index contributed by atoms with van der Waals surface area (Å²) in [5, 5.41) is 17.4. The van der Waals surface area contributed by atoms with Crippen LogP contribution in [0.2, 0.25) is 0 Å². The first kappa shape index (κ1) is 26.6. The molecule has 1 aliphatic carbocycles. The Bertz CT molecular complexity index is 1120. The maximum Gasteiger partial charge on any atom is 0.257 e. The summed E-state index contributed by atoms with van der Waals surface area (Å²) in [5.41, 5.74) is -0.139. The molecule has 1 spiro atoms. The molecule has 0 aromatic carbocycles. The third-order valence-electron chi connectivity index (χ3n) is 9.05. The quantitative estimate of drug-likeness (QED) is 0.545. The Kier molecular flexibility index (Phi) is 6.77. The molecule has 4 heterocycles. The predicted molar refractivity (Wildman–Crippen MR) is 138 cm³/mol. The van der Waals surface area contributed by atoms with Gasteiger partial charge in [0.05, 0.1) is 23.8 Å². The lowest BCUT2D eigenvalue weighted by molar-refractivity contribution is -0.152. The summed E-state index contributed by atoms with van der Waals surface area (Å²) in [6.45, 7) is 8.23. The smallest absolute Gasteiger partial charge is 0.257 e. The molecule has 4 fully saturated rings. The number of amides is 4. The Balaban J connectivity index is 1.33. The number of carbonyl (C=O) groups is 4. The zero-order valence-electron chi connectivity index (χ0n) is 22.9. The highest BCUT2D eigenvalue weighted by Gasteiger charge is 2.62. The molecule has 4 atom stereocenters. The van der Waals surface area contributed by atoms with Crippen LogP contribution in [0.1, 0.15) is 56.8 Å². The van der Waals surface area contributed by atoms with Crippen LogP contribution in [0.25, 0.3) is 0 Å². The molecule has 3 aliphatic heterocycles. The predicted octanol–water partition coefficient (Wildman–Crippen LogP) is 0.245. The maximum absolute atomic E-state index is 13.7. The average molecular weight is 529 g/mol. The first-order valence-corrected chi connectivity index (χ1v) is 13.8. The number of rotatable bonds is 6. The molecule has 0 radical (unpaired) electrons. The van der Waals surface area contributed by atoms with E-state index in [9.17, 15) is 24.3 Å². The number of piperidine rings is 1. The third-order valence-corrected chi connectivity index (χ3v) is 9.05. The number of aliphatic hydroxyl groups is 1. The Hall–Kier alpha value is -2.95. The van der Waals surface area contributed by atoms with Crippen molar-refractivity contribution in [1.29, 1.82) is 0 Å². The van der Waals surface area contributed by atoms with E-state index in [0.717, 1.165) is 25.7 Å². The normalized spacial score (nSPS) is 27.0. The lowest BCUT2D eigenvalue weighted by atomic mass is 9.70. The molecule has 1 aromatic heterocycles. The van der Waals surface area contributed by atoms with Crippen LogP contribution in [0.3, 0.4) is 0 Å². The molecule has 0 bridgehead atoms. The topological polar surface area (TPSA) is 128 Å². The number of carbonyl (C=O) groups excluding carboxylic acids is 4. The first-order chi connectivity index (χ1) is 17.9. The average Bonchev–Trinajstić information content (AvgIpc) is 3.18. The highest BCUT2D eigenvalue weighted by Crippen LogP contribution is 2.54. The van der Waals surface area contributed by atoms with E-state index in [1.807, 2.05) is 4.90 Å². The highest BCUT2D eigenvalue weighted by molar-refractivity contribution is 5.95. The van der Waals surface area contributed by atoms with Crippen molar-refractivity contribution in [3.8, 4) is 0 Å². The number of hydrogen-bond donors (Lipinski definition) is 2. The Morgan fingerprint density at radius 3 is 2.21 bits per heavy atom. The molecule has 3 saturated heterocycles. The fourth-order valence-electron chi connectivity index (χ4n) is 6.45. The van der Waals surface area contributed by atoms with E-state index in [-0.39, 0.29) is 41.5 Å². The van der Waals surface area contributed by atoms with Crippen molar-refractivity contribution in [2.24, 2.45) is 29.7 Å². The van der Waals surface area contributed by atoms with Gasteiger partial charge in [-0.25, -0.2) is 0 Å². The molecule has 38 heavy (non-hydrogen) atoms. The molecule has 11 heteroatoms. The molecule has 4 aliphatic rings. The number of likely N-dealkylation sites (tertiary alicyclic amines) is 3. The van der Waals surface area contributed by atoms with Crippen LogP contribution in [-0.4, -0.2) is 105 Å². The molecule has 1 saturated carbocycles. The van der Waals surface area contributed by atoms with Crippen LogP contribution in [0, 0.1) is 22.7 Å². The van der Waals surface area contributed by atoms with Gasteiger partial charge in [0.15, 0.2) is 0 Å². The summed E-state index contributed by atoms with van der Waals surface area (Å²) < 4.78 is 1.56. The number of nitrogens with zero attached hydrogens (tertiary/aromatic N) is 5. The standard InChI is InChI=1S/C27H40N6O5/c1-17(34)21(25(38)31-8-6-5-7-9-31)29-22(35)20-13-32(23(36)18-11-28-30(4)12-18)14-27(20)15-33(16-27)24(37)19-10-26(19,2)3/h11-12,17,19-21,34H,5-10,13-16H2,1-4H3,(H,29,35)/t17-,19-,20+,21+/m1/s1. The van der Waals surface area contributed by atoms with Gasteiger partial charge < -0.3 is 25.1 Å². The molecular weight excluding hydrogens is 488 g/mol. The van der Waals surface area contributed by atoms with Crippen LogP contribution in [0.5, 0.6) is 0 Å². The van der Waals surface area contributed by atoms with Gasteiger partial charge in [-0.3, -0.25) is 23.9 Å². The van der Waals surface area contributed by atoms with Crippen molar-refractivity contribution in [2.75, 3.05) is 39.3 Å². The van der Waals surface area contributed by atoms with Gasteiger partial charge in [0.1, 0.15) is 6.04 Å². The minimum absolute atomic E-state index is 0.00319. The van der Waals surface area contributed by atoms with Crippen LogP contribution in [-0.2, 0) is 21.4 Å². The van der Waals surface area contributed by atoms with E-state index in [4.69, 9.17) is 0 Å². The van der Waals surface area contributed by atoms with E-state index in [1.54, 1.807) is 27.7 Å². The van der Waals surface area contributed by atoms with Crippen LogP contribution in [0.15, 0.2) is 12.4 Å². The van der Waals surface area contributed by atoms with Crippen molar-refractivity contribution in [3.05, 3.63) is 18.0 Å². The molecule has 4 amide bonds. The number of aromatic nitrogens is 2. The van der Waals surface area contributed by atoms with E-state index in [0.29, 0.717) is 38.3 Å². The van der Waals surface area contributed by atoms with Gasteiger partial charge in [0, 0.05) is 63.8 Å². The fourth-order valence-corrected chi connectivity index (χ4v) is 6.45. The van der Waals surface area contributed by atoms with Gasteiger partial charge in [0.2, 0.25) is 17.7 Å². The maximum atomic E-state index is 13.7. The van der Waals surface area contributed by atoms with Crippen molar-refractivity contribution in [1.82, 2.24) is 29.8 Å². The van der Waals surface area contributed by atoms with Crippen molar-refractivity contribution >= 4 is 23.6 Å². The fraction of sp³-hybridized carbons (Fsp3) is 0.741. The summed E-state index contributed by atoms with van der Waals surface area (Å²) in [5.74, 6) is -1.33. The molecule has 2 N–H and O–H groups in total. The summed E-state index contributed by atoms with van der Waals surface area (Å²) in [4.78, 5) is 58.4. The van der Waals surface area contributed by atoms with E-state index in [1.165, 1.54) is 13.1 Å². The lowest BCUT2D eigenvalue weighted by Gasteiger charge is -2.50. The van der Waals surface area contributed by atoms with Gasteiger partial charge in [-0.2, -0.15) is 5.10 Å². The summed E-state index contributed by atoms with van der Waals surface area (Å²) in [6.07, 6.45) is 5.84. The van der Waals surface area contributed by atoms with Crippen molar-refractivity contribution in [3.63, 3.8) is 0 Å². The second-order valence-corrected chi connectivity index (χ2v) is 12.6. The van der Waals surface area contributed by atoms with E-state index >= 15 is 0 Å². The van der Waals surface area contributed by atoms with Crippen LogP contribution in [0.4, 0.5) is 0 Å². The molecular formula is C27H40N6O5. The Morgan fingerprint density at radius 2 is 1.66 bits per heavy atom. The minimum Gasteiger partial charge on any atom is -0.391 e. The van der Waals surface area contributed by atoms with Gasteiger partial charge >= 0.3 is 0 Å². The van der Waals surface area contributed by atoms with Gasteiger partial charge in [-0.1, -0.05) is 13.8 Å². The van der Waals surface area contributed by atoms with Crippen molar-refractivity contribution < 1.29 is 24.3 Å². The minimum atomic E-state index is -1.06. The lowest BCUT2D eigenvalue weighted by Crippen LogP contribution is -2.65. The summed E-state index contributed by atoms with van der Waals surface area (Å²) >= 11 is 0. The third kappa shape index (κ3) is 4.81. The Labute approximate surface area is 223 Å².